The molecule has 0 fully saturated rings. The van der Waals surface area contributed by atoms with Crippen LogP contribution in [0.4, 0.5) is 26.3 Å². The number of nitrogens with zero attached hydrogens (tertiary/aromatic N) is 1. The maximum absolute atomic E-state index is 12.6. The van der Waals surface area contributed by atoms with Gasteiger partial charge in [0.2, 0.25) is 0 Å². The number of benzene rings is 2. The average Bonchev–Trinajstić information content (AvgIpc) is 2.61. The van der Waals surface area contributed by atoms with Gasteiger partial charge in [-0.2, -0.15) is 26.3 Å². The van der Waals surface area contributed by atoms with E-state index in [0.717, 1.165) is 24.3 Å². The molecule has 1 aromatic heterocycles. The Morgan fingerprint density at radius 2 is 1.15 bits per heavy atom. The zero-order valence-corrected chi connectivity index (χ0v) is 13.5. The molecule has 140 valence electrons. The number of pyridine rings is 1. The molecule has 0 atom stereocenters. The van der Waals surface area contributed by atoms with Crippen LogP contribution in [-0.4, -0.2) is 4.98 Å². The van der Waals surface area contributed by atoms with Gasteiger partial charge in [0.15, 0.2) is 0 Å². The number of hydrogen-bond acceptors (Lipinski definition) is 2. The van der Waals surface area contributed by atoms with Crippen molar-refractivity contribution in [2.24, 2.45) is 0 Å². The number of alkyl halides is 6. The van der Waals surface area contributed by atoms with Gasteiger partial charge in [0.25, 0.3) is 0 Å². The van der Waals surface area contributed by atoms with Crippen molar-refractivity contribution < 1.29 is 31.1 Å². The van der Waals surface area contributed by atoms with Crippen LogP contribution >= 0.6 is 0 Å². The molecule has 1 heterocycles. The molecule has 0 aliphatic rings. The first-order valence-electron chi connectivity index (χ1n) is 7.62. The number of aromatic nitrogens is 1. The van der Waals surface area contributed by atoms with E-state index in [1.54, 1.807) is 0 Å². The summed E-state index contributed by atoms with van der Waals surface area (Å²) in [5.74, 6) is 0.479. The lowest BCUT2D eigenvalue weighted by Crippen LogP contribution is -2.04. The van der Waals surface area contributed by atoms with Gasteiger partial charge in [-0.3, -0.25) is 4.98 Å². The fourth-order valence-corrected chi connectivity index (χ4v) is 2.31. The molecule has 8 heteroatoms. The highest BCUT2D eigenvalue weighted by Crippen LogP contribution is 2.33. The maximum atomic E-state index is 12.6. The second-order valence-electron chi connectivity index (χ2n) is 5.58. The van der Waals surface area contributed by atoms with E-state index in [4.69, 9.17) is 4.74 Å². The summed E-state index contributed by atoms with van der Waals surface area (Å²) in [7, 11) is 0. The lowest BCUT2D eigenvalue weighted by molar-refractivity contribution is -0.138. The molecule has 3 rings (SSSR count). The summed E-state index contributed by atoms with van der Waals surface area (Å²) in [6.07, 6.45) is -7.48. The molecule has 0 saturated heterocycles. The highest BCUT2D eigenvalue weighted by molar-refractivity contribution is 5.61. The van der Waals surface area contributed by atoms with Crippen LogP contribution in [0.1, 0.15) is 11.1 Å². The van der Waals surface area contributed by atoms with Crippen LogP contribution in [0.3, 0.4) is 0 Å². The molecule has 0 amide bonds. The maximum Gasteiger partial charge on any atom is 0.416 e. The van der Waals surface area contributed by atoms with E-state index in [1.165, 1.54) is 42.6 Å². The summed E-state index contributed by atoms with van der Waals surface area (Å²) >= 11 is 0. The minimum atomic E-state index is -4.44. The van der Waals surface area contributed by atoms with Crippen LogP contribution in [-0.2, 0) is 12.4 Å². The zero-order chi connectivity index (χ0) is 19.7. The number of ether oxygens (including phenoxy) is 1. The third kappa shape index (κ3) is 4.58. The van der Waals surface area contributed by atoms with Gasteiger partial charge in [-0.25, -0.2) is 0 Å². The lowest BCUT2D eigenvalue weighted by Gasteiger charge is -2.10. The molecule has 2 nitrogen and oxygen atoms in total. The van der Waals surface area contributed by atoms with E-state index in [2.05, 4.69) is 4.98 Å². The number of rotatable bonds is 3. The van der Waals surface area contributed by atoms with Gasteiger partial charge in [0.1, 0.15) is 11.5 Å². The van der Waals surface area contributed by atoms with Gasteiger partial charge < -0.3 is 4.74 Å². The van der Waals surface area contributed by atoms with Crippen molar-refractivity contribution in [3.8, 4) is 22.8 Å². The summed E-state index contributed by atoms with van der Waals surface area (Å²) in [5.41, 5.74) is -0.757. The first-order chi connectivity index (χ1) is 12.6. The zero-order valence-electron chi connectivity index (χ0n) is 13.5. The van der Waals surface area contributed by atoms with Crippen molar-refractivity contribution >= 4 is 0 Å². The van der Waals surface area contributed by atoms with Crippen molar-refractivity contribution in [2.75, 3.05) is 0 Å². The Morgan fingerprint density at radius 3 is 1.67 bits per heavy atom. The smallest absolute Gasteiger partial charge is 0.416 e. The van der Waals surface area contributed by atoms with Crippen LogP contribution in [0.25, 0.3) is 11.3 Å². The SMILES string of the molecule is FC(F)(F)c1ccc(Oc2ccnc(-c3ccc(C(F)(F)F)cc3)c2)cc1. The molecule has 0 bridgehead atoms. The van der Waals surface area contributed by atoms with Crippen LogP contribution in [0.2, 0.25) is 0 Å². The van der Waals surface area contributed by atoms with Crippen molar-refractivity contribution in [3.05, 3.63) is 78.0 Å². The third-order valence-corrected chi connectivity index (χ3v) is 3.66. The summed E-state index contributed by atoms with van der Waals surface area (Å²) in [6, 6.07) is 11.6. The Labute approximate surface area is 150 Å². The number of halogens is 6. The molecule has 0 aliphatic carbocycles. The van der Waals surface area contributed by atoms with E-state index >= 15 is 0 Å². The largest absolute Gasteiger partial charge is 0.457 e. The Morgan fingerprint density at radius 1 is 0.630 bits per heavy atom. The summed E-state index contributed by atoms with van der Waals surface area (Å²) in [5, 5.41) is 0. The second kappa shape index (κ2) is 6.94. The Bertz CT molecular complexity index is 915. The minimum Gasteiger partial charge on any atom is -0.457 e. The standard InChI is InChI=1S/C19H11F6NO/c20-18(21,22)13-3-1-12(2-4-13)17-11-16(9-10-26-17)27-15-7-5-14(6-8-15)19(23,24)25/h1-11H. The van der Waals surface area contributed by atoms with Gasteiger partial charge in [-0.05, 0) is 42.5 Å². The summed E-state index contributed by atoms with van der Waals surface area (Å²) < 4.78 is 81.1. The monoisotopic (exact) mass is 383 g/mol. The molecule has 0 spiro atoms. The van der Waals surface area contributed by atoms with Gasteiger partial charge >= 0.3 is 12.4 Å². The van der Waals surface area contributed by atoms with E-state index < -0.39 is 23.5 Å². The number of hydrogen-bond donors (Lipinski definition) is 0. The molecule has 0 aliphatic heterocycles. The highest BCUT2D eigenvalue weighted by atomic mass is 19.4. The second-order valence-corrected chi connectivity index (χ2v) is 5.58. The van der Waals surface area contributed by atoms with Gasteiger partial charge in [-0.15, -0.1) is 0 Å². The summed E-state index contributed by atoms with van der Waals surface area (Å²) in [6.45, 7) is 0. The van der Waals surface area contributed by atoms with Crippen molar-refractivity contribution in [1.82, 2.24) is 4.98 Å². The van der Waals surface area contributed by atoms with Crippen LogP contribution in [0.5, 0.6) is 11.5 Å². The average molecular weight is 383 g/mol. The molecule has 0 saturated carbocycles. The van der Waals surface area contributed by atoms with Crippen LogP contribution < -0.4 is 4.74 Å². The topological polar surface area (TPSA) is 22.1 Å². The Kier molecular flexibility index (Phi) is 4.82. The van der Waals surface area contributed by atoms with Gasteiger partial charge in [-0.1, -0.05) is 12.1 Å². The molecule has 0 radical (unpaired) electrons. The van der Waals surface area contributed by atoms with Crippen LogP contribution in [0.15, 0.2) is 66.9 Å². The quantitative estimate of drug-likeness (QED) is 0.477. The molecule has 3 aromatic rings. The van der Waals surface area contributed by atoms with E-state index in [0.29, 0.717) is 17.0 Å². The van der Waals surface area contributed by atoms with Crippen LogP contribution in [0, 0.1) is 0 Å². The van der Waals surface area contributed by atoms with E-state index in [-0.39, 0.29) is 5.75 Å². The molecule has 0 unspecified atom stereocenters. The predicted molar refractivity (Wildman–Crippen MR) is 86.2 cm³/mol. The Hall–Kier alpha value is -3.03. The highest BCUT2D eigenvalue weighted by Gasteiger charge is 2.30. The van der Waals surface area contributed by atoms with Crippen molar-refractivity contribution in [1.29, 1.82) is 0 Å². The summed E-state index contributed by atoms with van der Waals surface area (Å²) in [4.78, 5) is 4.08. The fourth-order valence-electron chi connectivity index (χ4n) is 2.31. The Balaban J connectivity index is 1.79. The van der Waals surface area contributed by atoms with E-state index in [9.17, 15) is 26.3 Å². The van der Waals surface area contributed by atoms with Gasteiger partial charge in [0.05, 0.1) is 16.8 Å². The minimum absolute atomic E-state index is 0.188. The first-order valence-corrected chi connectivity index (χ1v) is 7.62. The normalized spacial score (nSPS) is 12.1. The molecule has 27 heavy (non-hydrogen) atoms. The lowest BCUT2D eigenvalue weighted by atomic mass is 10.1. The fraction of sp³-hybridized carbons (Fsp3) is 0.105. The van der Waals surface area contributed by atoms with E-state index in [1.807, 2.05) is 0 Å². The molecular weight excluding hydrogens is 372 g/mol. The van der Waals surface area contributed by atoms with Crippen molar-refractivity contribution in [3.63, 3.8) is 0 Å². The predicted octanol–water partition coefficient (Wildman–Crippen LogP) is 6.58. The molecule has 0 N–H and O–H groups in total. The third-order valence-electron chi connectivity index (χ3n) is 3.66. The first kappa shape index (κ1) is 18.8. The molecule has 2 aromatic carbocycles. The van der Waals surface area contributed by atoms with Gasteiger partial charge in [0, 0.05) is 17.8 Å². The van der Waals surface area contributed by atoms with Crippen molar-refractivity contribution in [2.45, 2.75) is 12.4 Å². The molecular formula is C19H11F6NO.